The summed E-state index contributed by atoms with van der Waals surface area (Å²) in [5.74, 6) is 0.172. The Hall–Kier alpha value is -0.810. The van der Waals surface area contributed by atoms with Crippen molar-refractivity contribution in [1.82, 2.24) is 15.5 Å². The van der Waals surface area contributed by atoms with E-state index in [1.807, 2.05) is 7.05 Å². The molecule has 1 amide bonds. The van der Waals surface area contributed by atoms with Crippen LogP contribution in [-0.4, -0.2) is 43.5 Å². The number of rotatable bonds is 8. The molecule has 1 aromatic carbocycles. The first-order valence-corrected chi connectivity index (χ1v) is 8.46. The maximum absolute atomic E-state index is 11.9. The number of amides is 1. The Morgan fingerprint density at radius 2 is 1.96 bits per heavy atom. The molecule has 1 heterocycles. The molecule has 2 rings (SSSR count). The van der Waals surface area contributed by atoms with Crippen molar-refractivity contribution in [1.29, 1.82) is 0 Å². The number of hydrogen-bond acceptors (Lipinski definition) is 3. The molecule has 1 aliphatic rings. The molecule has 0 aromatic heterocycles. The van der Waals surface area contributed by atoms with E-state index in [0.717, 1.165) is 45.4 Å². The van der Waals surface area contributed by atoms with Crippen molar-refractivity contribution >= 4 is 30.7 Å². The van der Waals surface area contributed by atoms with Crippen molar-refractivity contribution in [2.75, 3.05) is 26.7 Å². The highest BCUT2D eigenvalue weighted by atomic mass is 35.5. The first-order chi connectivity index (χ1) is 10.7. The molecule has 0 saturated heterocycles. The van der Waals surface area contributed by atoms with Crippen LogP contribution >= 0.6 is 24.8 Å². The quantitative estimate of drug-likeness (QED) is 0.686. The second kappa shape index (κ2) is 12.5. The van der Waals surface area contributed by atoms with E-state index >= 15 is 0 Å². The second-order valence-corrected chi connectivity index (χ2v) is 6.06. The predicted octanol–water partition coefficient (Wildman–Crippen LogP) is 2.78. The molecule has 0 bridgehead atoms. The summed E-state index contributed by atoms with van der Waals surface area (Å²) in [5.41, 5.74) is 2.91. The van der Waals surface area contributed by atoms with Gasteiger partial charge in [0.1, 0.15) is 0 Å². The molecule has 4 nitrogen and oxygen atoms in total. The normalized spacial score (nSPS) is 14.8. The van der Waals surface area contributed by atoms with Crippen LogP contribution in [0.15, 0.2) is 24.3 Å². The fourth-order valence-corrected chi connectivity index (χ4v) is 3.11. The van der Waals surface area contributed by atoms with Crippen LogP contribution in [-0.2, 0) is 17.8 Å². The maximum Gasteiger partial charge on any atom is 0.220 e. The van der Waals surface area contributed by atoms with E-state index in [1.54, 1.807) is 0 Å². The molecule has 1 atom stereocenters. The highest BCUT2D eigenvalue weighted by molar-refractivity contribution is 5.85. The van der Waals surface area contributed by atoms with Crippen LogP contribution in [0.25, 0.3) is 0 Å². The van der Waals surface area contributed by atoms with Gasteiger partial charge in [0, 0.05) is 32.1 Å². The van der Waals surface area contributed by atoms with E-state index in [4.69, 9.17) is 0 Å². The van der Waals surface area contributed by atoms with Gasteiger partial charge >= 0.3 is 0 Å². The SMILES string of the molecule is CCC(CNC(=O)CCCNC)N1CCc2ccccc2C1.Cl.Cl. The molecule has 2 N–H and O–H groups in total. The van der Waals surface area contributed by atoms with E-state index in [2.05, 4.69) is 46.7 Å². The van der Waals surface area contributed by atoms with Gasteiger partial charge in [-0.3, -0.25) is 9.69 Å². The lowest BCUT2D eigenvalue weighted by molar-refractivity contribution is -0.121. The summed E-state index contributed by atoms with van der Waals surface area (Å²) in [4.78, 5) is 14.4. The number of halogens is 2. The van der Waals surface area contributed by atoms with Gasteiger partial charge in [0.2, 0.25) is 5.91 Å². The van der Waals surface area contributed by atoms with Crippen LogP contribution in [0, 0.1) is 0 Å². The minimum atomic E-state index is 0. The highest BCUT2D eigenvalue weighted by Crippen LogP contribution is 2.21. The minimum absolute atomic E-state index is 0. The Kier molecular flexibility index (Phi) is 12.1. The van der Waals surface area contributed by atoms with Crippen LogP contribution in [0.2, 0.25) is 0 Å². The highest BCUT2D eigenvalue weighted by Gasteiger charge is 2.22. The Labute approximate surface area is 158 Å². The number of carbonyl (C=O) groups excluding carboxylic acids is 1. The predicted molar refractivity (Wildman–Crippen MR) is 105 cm³/mol. The average Bonchev–Trinajstić information content (AvgIpc) is 2.55. The molecule has 0 aliphatic carbocycles. The van der Waals surface area contributed by atoms with E-state index in [1.165, 1.54) is 11.1 Å². The molecule has 1 aromatic rings. The zero-order chi connectivity index (χ0) is 15.8. The van der Waals surface area contributed by atoms with Crippen molar-refractivity contribution in [3.05, 3.63) is 35.4 Å². The van der Waals surface area contributed by atoms with Gasteiger partial charge in [-0.05, 0) is 44.0 Å². The molecule has 0 radical (unpaired) electrons. The zero-order valence-corrected chi connectivity index (χ0v) is 16.3. The molecule has 1 aliphatic heterocycles. The molecular formula is C18H31Cl2N3O. The molecule has 6 heteroatoms. The van der Waals surface area contributed by atoms with Crippen LogP contribution in [0.5, 0.6) is 0 Å². The molecule has 24 heavy (non-hydrogen) atoms. The van der Waals surface area contributed by atoms with Crippen LogP contribution in [0.1, 0.15) is 37.3 Å². The number of carbonyl (C=O) groups is 1. The summed E-state index contributed by atoms with van der Waals surface area (Å²) in [7, 11) is 1.92. The zero-order valence-electron chi connectivity index (χ0n) is 14.7. The molecule has 138 valence electrons. The largest absolute Gasteiger partial charge is 0.355 e. The Morgan fingerprint density at radius 3 is 2.62 bits per heavy atom. The monoisotopic (exact) mass is 375 g/mol. The first kappa shape index (κ1) is 23.2. The summed E-state index contributed by atoms with van der Waals surface area (Å²) >= 11 is 0. The number of nitrogens with zero attached hydrogens (tertiary/aromatic N) is 1. The van der Waals surface area contributed by atoms with Crippen LogP contribution < -0.4 is 10.6 Å². The topological polar surface area (TPSA) is 44.4 Å². The Balaban J connectivity index is 0.00000264. The number of nitrogens with one attached hydrogen (secondary N) is 2. The number of benzene rings is 1. The van der Waals surface area contributed by atoms with E-state index < -0.39 is 0 Å². The van der Waals surface area contributed by atoms with E-state index in [9.17, 15) is 4.79 Å². The first-order valence-electron chi connectivity index (χ1n) is 8.46. The lowest BCUT2D eigenvalue weighted by Gasteiger charge is -2.35. The standard InChI is InChI=1S/C18H29N3O.2ClH/c1-3-17(13-20-18(22)9-6-11-19-2)21-12-10-15-7-4-5-8-16(15)14-21;;/h4-5,7-8,17,19H,3,6,9-14H2,1-2H3,(H,20,22);2*1H. The van der Waals surface area contributed by atoms with Crippen LogP contribution in [0.4, 0.5) is 0 Å². The third-order valence-corrected chi connectivity index (χ3v) is 4.51. The lowest BCUT2D eigenvalue weighted by atomic mass is 9.98. The average molecular weight is 376 g/mol. The van der Waals surface area contributed by atoms with E-state index in [0.29, 0.717) is 12.5 Å². The summed E-state index contributed by atoms with van der Waals surface area (Å²) in [5, 5.41) is 6.18. The Bertz CT molecular complexity index is 485. The molecular weight excluding hydrogens is 345 g/mol. The van der Waals surface area contributed by atoms with E-state index in [-0.39, 0.29) is 30.7 Å². The van der Waals surface area contributed by atoms with Gasteiger partial charge < -0.3 is 10.6 Å². The lowest BCUT2D eigenvalue weighted by Crippen LogP contribution is -2.45. The van der Waals surface area contributed by atoms with Crippen molar-refractivity contribution in [3.8, 4) is 0 Å². The van der Waals surface area contributed by atoms with Gasteiger partial charge in [-0.25, -0.2) is 0 Å². The third-order valence-electron chi connectivity index (χ3n) is 4.51. The summed E-state index contributed by atoms with van der Waals surface area (Å²) in [6.45, 7) is 5.96. The summed E-state index contributed by atoms with van der Waals surface area (Å²) in [6, 6.07) is 9.13. The minimum Gasteiger partial charge on any atom is -0.355 e. The van der Waals surface area contributed by atoms with Gasteiger partial charge in [-0.2, -0.15) is 0 Å². The smallest absolute Gasteiger partial charge is 0.220 e. The van der Waals surface area contributed by atoms with Gasteiger partial charge in [0.05, 0.1) is 0 Å². The third kappa shape index (κ3) is 6.98. The second-order valence-electron chi connectivity index (χ2n) is 6.06. The van der Waals surface area contributed by atoms with Gasteiger partial charge in [0.15, 0.2) is 0 Å². The maximum atomic E-state index is 11.9. The molecule has 1 unspecified atom stereocenters. The summed E-state index contributed by atoms with van der Waals surface area (Å²) < 4.78 is 0. The molecule has 0 spiro atoms. The summed E-state index contributed by atoms with van der Waals surface area (Å²) in [6.07, 6.45) is 3.69. The van der Waals surface area contributed by atoms with Gasteiger partial charge in [-0.15, -0.1) is 24.8 Å². The van der Waals surface area contributed by atoms with Gasteiger partial charge in [0.25, 0.3) is 0 Å². The van der Waals surface area contributed by atoms with Crippen molar-refractivity contribution in [3.63, 3.8) is 0 Å². The number of fused-ring (bicyclic) bond motifs is 1. The van der Waals surface area contributed by atoms with Crippen LogP contribution in [0.3, 0.4) is 0 Å². The Morgan fingerprint density at radius 1 is 1.25 bits per heavy atom. The fraction of sp³-hybridized carbons (Fsp3) is 0.611. The van der Waals surface area contributed by atoms with Crippen molar-refractivity contribution in [2.45, 2.75) is 45.2 Å². The van der Waals surface area contributed by atoms with Gasteiger partial charge in [-0.1, -0.05) is 31.2 Å². The van der Waals surface area contributed by atoms with Crippen molar-refractivity contribution in [2.24, 2.45) is 0 Å². The molecule has 0 fully saturated rings. The molecule has 0 saturated carbocycles. The fourth-order valence-electron chi connectivity index (χ4n) is 3.11. The van der Waals surface area contributed by atoms with Crippen molar-refractivity contribution < 1.29 is 4.79 Å². The number of hydrogen-bond donors (Lipinski definition) is 2.